The summed E-state index contributed by atoms with van der Waals surface area (Å²) >= 11 is 0. The minimum atomic E-state index is -0.833. The van der Waals surface area contributed by atoms with E-state index < -0.39 is 11.8 Å². The molecule has 12 heteroatoms. The zero-order valence-electron chi connectivity index (χ0n) is 18.4. The second-order valence-electron chi connectivity index (χ2n) is 7.27. The van der Waals surface area contributed by atoms with E-state index in [2.05, 4.69) is 29.9 Å². The topological polar surface area (TPSA) is 150 Å². The predicted octanol–water partition coefficient (Wildman–Crippen LogP) is 3.89. The first-order valence-electron chi connectivity index (χ1n) is 10.1. The average Bonchev–Trinajstić information content (AvgIpc) is 3.36. The van der Waals surface area contributed by atoms with Crippen molar-refractivity contribution in [2.45, 2.75) is 6.92 Å². The Balaban J connectivity index is 0.000000144. The van der Waals surface area contributed by atoms with E-state index in [-0.39, 0.29) is 11.4 Å². The Bertz CT molecular complexity index is 1740. The van der Waals surface area contributed by atoms with Gasteiger partial charge < -0.3 is 24.8 Å². The summed E-state index contributed by atoms with van der Waals surface area (Å²) in [5.74, 6) is -1.11. The highest BCUT2D eigenvalue weighted by Gasteiger charge is 2.08. The first-order chi connectivity index (χ1) is 16.7. The highest BCUT2D eigenvalue weighted by Crippen LogP contribution is 2.26. The number of aliphatic carboxylic acids is 1. The number of halogens is 2. The minimum Gasteiger partial charge on any atom is -0.481 e. The van der Waals surface area contributed by atoms with Crippen LogP contribution in [0.5, 0.6) is 5.88 Å². The number of ether oxygens (including phenoxy) is 1. The van der Waals surface area contributed by atoms with Crippen molar-refractivity contribution in [1.82, 2.24) is 29.9 Å². The molecule has 6 heterocycles. The third kappa shape index (κ3) is 5.05. The van der Waals surface area contributed by atoms with Crippen molar-refractivity contribution in [3.8, 4) is 5.88 Å². The molecule has 0 saturated carbocycles. The molecule has 6 rings (SSSR count). The Labute approximate surface area is 194 Å². The van der Waals surface area contributed by atoms with Crippen LogP contribution in [0.15, 0.2) is 53.8 Å². The van der Waals surface area contributed by atoms with Crippen LogP contribution in [0.1, 0.15) is 6.92 Å². The molecule has 0 aromatic carbocycles. The summed E-state index contributed by atoms with van der Waals surface area (Å²) in [6.07, 6.45) is 5.52. The molecule has 0 aliphatic rings. The number of nitrogens with one attached hydrogen (secondary N) is 3. The lowest BCUT2D eigenvalue weighted by Gasteiger charge is -1.97. The highest BCUT2D eigenvalue weighted by molar-refractivity contribution is 6.06. The van der Waals surface area contributed by atoms with E-state index in [0.29, 0.717) is 27.9 Å². The third-order valence-corrected chi connectivity index (χ3v) is 4.81. The number of fused-ring (bicyclic) bond motifs is 6. The number of H-pyrrole nitrogens is 3. The Morgan fingerprint density at radius 2 is 1.40 bits per heavy atom. The molecule has 6 aromatic rings. The predicted molar refractivity (Wildman–Crippen MR) is 125 cm³/mol. The van der Waals surface area contributed by atoms with Crippen LogP contribution in [0.2, 0.25) is 0 Å². The van der Waals surface area contributed by atoms with Crippen LogP contribution in [0.4, 0.5) is 8.78 Å². The third-order valence-electron chi connectivity index (χ3n) is 4.81. The number of nitrogens with zero attached hydrogens (tertiary/aromatic N) is 3. The van der Waals surface area contributed by atoms with E-state index in [1.807, 2.05) is 0 Å². The van der Waals surface area contributed by atoms with Crippen molar-refractivity contribution < 1.29 is 23.4 Å². The molecule has 6 aromatic heterocycles. The van der Waals surface area contributed by atoms with Crippen LogP contribution in [-0.4, -0.2) is 48.1 Å². The van der Waals surface area contributed by atoms with E-state index in [4.69, 9.17) is 14.6 Å². The molecule has 0 atom stereocenters. The molecule has 178 valence electrons. The summed E-state index contributed by atoms with van der Waals surface area (Å²) in [5, 5.41) is 10.3. The van der Waals surface area contributed by atoms with Gasteiger partial charge in [0.2, 0.25) is 11.4 Å². The van der Waals surface area contributed by atoms with Gasteiger partial charge in [0, 0.05) is 46.8 Å². The van der Waals surface area contributed by atoms with Gasteiger partial charge in [-0.1, -0.05) is 0 Å². The fourth-order valence-electron chi connectivity index (χ4n) is 3.41. The van der Waals surface area contributed by atoms with Gasteiger partial charge in [0.1, 0.15) is 22.9 Å². The van der Waals surface area contributed by atoms with E-state index in [0.717, 1.165) is 34.9 Å². The standard InChI is InChI=1S/C11H8FN3O.C10H6FN3O.C2H4O2/c1-16-10-3-7-8-2-6(12)4-14-11(8)15-9(7)5-13-10;11-5-1-7-6-2-9(15)12-4-8(6)14-10(7)13-3-5;1-2(3)4/h2-5H,1H3,(H,14,15);1-4H,(H,12,15)(H,13,14);1H3,(H,3,4). The smallest absolute Gasteiger partial charge is 0.300 e. The van der Waals surface area contributed by atoms with Gasteiger partial charge in [-0.05, 0) is 12.1 Å². The summed E-state index contributed by atoms with van der Waals surface area (Å²) < 4.78 is 31.1. The number of carboxylic acid groups (broad SMARTS) is 1. The molecule has 35 heavy (non-hydrogen) atoms. The molecule has 0 bridgehead atoms. The van der Waals surface area contributed by atoms with Crippen LogP contribution < -0.4 is 10.3 Å². The molecule has 0 amide bonds. The van der Waals surface area contributed by atoms with Crippen LogP contribution in [0, 0.1) is 11.6 Å². The lowest BCUT2D eigenvalue weighted by atomic mass is 10.2. The number of aromatic nitrogens is 6. The van der Waals surface area contributed by atoms with Crippen LogP contribution in [0.3, 0.4) is 0 Å². The number of hydrogen-bond donors (Lipinski definition) is 4. The number of aromatic amines is 3. The second kappa shape index (κ2) is 9.55. The molecule has 0 unspecified atom stereocenters. The molecule has 0 aliphatic carbocycles. The van der Waals surface area contributed by atoms with Crippen molar-refractivity contribution in [2.75, 3.05) is 7.11 Å². The maximum atomic E-state index is 13.1. The maximum Gasteiger partial charge on any atom is 0.300 e. The van der Waals surface area contributed by atoms with E-state index >= 15 is 0 Å². The van der Waals surface area contributed by atoms with Crippen LogP contribution in [-0.2, 0) is 4.79 Å². The second-order valence-corrected chi connectivity index (χ2v) is 7.27. The lowest BCUT2D eigenvalue weighted by Crippen LogP contribution is -2.00. The summed E-state index contributed by atoms with van der Waals surface area (Å²) in [7, 11) is 1.54. The van der Waals surface area contributed by atoms with Crippen molar-refractivity contribution in [3.05, 3.63) is 71.0 Å². The van der Waals surface area contributed by atoms with Crippen molar-refractivity contribution in [1.29, 1.82) is 0 Å². The first-order valence-corrected chi connectivity index (χ1v) is 10.1. The van der Waals surface area contributed by atoms with E-state index in [1.165, 1.54) is 24.4 Å². The number of carbonyl (C=O) groups is 1. The van der Waals surface area contributed by atoms with Gasteiger partial charge in [-0.15, -0.1) is 0 Å². The normalized spacial score (nSPS) is 10.6. The van der Waals surface area contributed by atoms with Crippen molar-refractivity contribution in [3.63, 3.8) is 0 Å². The molecular formula is C23H18F2N6O4. The van der Waals surface area contributed by atoms with Gasteiger partial charge >= 0.3 is 0 Å². The summed E-state index contributed by atoms with van der Waals surface area (Å²) in [4.78, 5) is 40.7. The molecule has 0 radical (unpaired) electrons. The number of carboxylic acids is 1. The fraction of sp³-hybridized carbons (Fsp3) is 0.0870. The Kier molecular flexibility index (Phi) is 6.36. The Morgan fingerprint density at radius 1 is 0.857 bits per heavy atom. The summed E-state index contributed by atoms with van der Waals surface area (Å²) in [6.45, 7) is 1.08. The van der Waals surface area contributed by atoms with Crippen molar-refractivity contribution in [2.24, 2.45) is 0 Å². The molecule has 0 aliphatic heterocycles. The van der Waals surface area contributed by atoms with Crippen LogP contribution in [0.25, 0.3) is 43.9 Å². The Hall–Kier alpha value is -4.87. The van der Waals surface area contributed by atoms with Gasteiger partial charge in [0.25, 0.3) is 5.97 Å². The summed E-state index contributed by atoms with van der Waals surface area (Å²) in [6, 6.07) is 5.99. The number of pyridine rings is 4. The Morgan fingerprint density at radius 3 is 1.97 bits per heavy atom. The average molecular weight is 480 g/mol. The molecule has 0 fully saturated rings. The molecular weight excluding hydrogens is 462 g/mol. The van der Waals surface area contributed by atoms with Gasteiger partial charge in [-0.2, -0.15) is 0 Å². The molecule has 0 saturated heterocycles. The van der Waals surface area contributed by atoms with Gasteiger partial charge in [0.15, 0.2) is 0 Å². The van der Waals surface area contributed by atoms with Gasteiger partial charge in [-0.3, -0.25) is 9.59 Å². The first kappa shape index (κ1) is 23.3. The maximum absolute atomic E-state index is 13.1. The molecule has 0 spiro atoms. The molecule has 4 N–H and O–H groups in total. The summed E-state index contributed by atoms with van der Waals surface area (Å²) in [5.41, 5.74) is 2.56. The van der Waals surface area contributed by atoms with Crippen molar-refractivity contribution >= 4 is 49.8 Å². The van der Waals surface area contributed by atoms with Gasteiger partial charge in [-0.25, -0.2) is 23.7 Å². The fourth-order valence-corrected chi connectivity index (χ4v) is 3.41. The quantitative estimate of drug-likeness (QED) is 0.279. The van der Waals surface area contributed by atoms with E-state index in [1.54, 1.807) is 25.6 Å². The molecule has 10 nitrogen and oxygen atoms in total. The number of rotatable bonds is 1. The van der Waals surface area contributed by atoms with E-state index in [9.17, 15) is 13.6 Å². The van der Waals surface area contributed by atoms with Gasteiger partial charge in [0.05, 0.1) is 36.7 Å². The number of hydrogen-bond acceptors (Lipinski definition) is 6. The number of methoxy groups -OCH3 is 1. The SMILES string of the molecule is CC(=O)O.COc1cc2c(cn1)[nH]c1ncc(F)cc12.O=c1cc2c(c[nH]1)[nH]c1ncc(F)cc12. The minimum absolute atomic E-state index is 0.215. The highest BCUT2D eigenvalue weighted by atomic mass is 19.1. The lowest BCUT2D eigenvalue weighted by molar-refractivity contribution is -0.134. The zero-order chi connectivity index (χ0) is 25.1. The zero-order valence-corrected chi connectivity index (χ0v) is 18.4. The van der Waals surface area contributed by atoms with Crippen LogP contribution >= 0.6 is 0 Å². The monoisotopic (exact) mass is 480 g/mol. The largest absolute Gasteiger partial charge is 0.481 e.